The number of carbonyl (C=O) groups excluding carboxylic acids is 1. The fourth-order valence-corrected chi connectivity index (χ4v) is 2.66. The number of hydrogen-bond donors (Lipinski definition) is 1. The number of anilines is 1. The molecule has 1 aromatic rings. The van der Waals surface area contributed by atoms with Crippen molar-refractivity contribution in [2.75, 3.05) is 11.4 Å². The molecule has 1 aliphatic heterocycles. The highest BCUT2D eigenvalue weighted by Gasteiger charge is 2.29. The van der Waals surface area contributed by atoms with E-state index >= 15 is 0 Å². The zero-order chi connectivity index (χ0) is 14.0. The zero-order valence-electron chi connectivity index (χ0n) is 11.3. The number of benzene rings is 1. The number of aryl methyl sites for hydroxylation is 1. The Morgan fingerprint density at radius 3 is 2.74 bits per heavy atom. The van der Waals surface area contributed by atoms with Crippen molar-refractivity contribution in [1.29, 1.82) is 0 Å². The number of carboxylic acids is 1. The summed E-state index contributed by atoms with van der Waals surface area (Å²) in [5.74, 6) is -1.35. The molecule has 0 aromatic heterocycles. The molecule has 19 heavy (non-hydrogen) atoms. The molecule has 0 aliphatic carbocycles. The van der Waals surface area contributed by atoms with Gasteiger partial charge < -0.3 is 10.0 Å². The molecule has 0 bridgehead atoms. The van der Waals surface area contributed by atoms with Gasteiger partial charge in [-0.15, -0.1) is 0 Å². The van der Waals surface area contributed by atoms with Gasteiger partial charge in [0.2, 0.25) is 5.91 Å². The summed E-state index contributed by atoms with van der Waals surface area (Å²) in [7, 11) is 0. The van der Waals surface area contributed by atoms with Crippen molar-refractivity contribution in [2.24, 2.45) is 0 Å². The Kier molecular flexibility index (Phi) is 3.88. The van der Waals surface area contributed by atoms with E-state index in [9.17, 15) is 14.7 Å². The SMILES string of the molecule is CCc1ccc2c(c1)C(C(=O)O)CCCN2C(C)=O. The van der Waals surface area contributed by atoms with Crippen LogP contribution in [0.5, 0.6) is 0 Å². The first kappa shape index (κ1) is 13.6. The fourth-order valence-electron chi connectivity index (χ4n) is 2.66. The lowest BCUT2D eigenvalue weighted by Gasteiger charge is -2.22. The third-order valence-electron chi connectivity index (χ3n) is 3.72. The number of fused-ring (bicyclic) bond motifs is 1. The van der Waals surface area contributed by atoms with Gasteiger partial charge >= 0.3 is 5.97 Å². The smallest absolute Gasteiger partial charge is 0.311 e. The Balaban J connectivity index is 2.56. The second-order valence-electron chi connectivity index (χ2n) is 4.95. The molecular formula is C15H19NO3. The Hall–Kier alpha value is -1.84. The third-order valence-corrected chi connectivity index (χ3v) is 3.72. The zero-order valence-corrected chi connectivity index (χ0v) is 11.3. The van der Waals surface area contributed by atoms with Crippen LogP contribution in [0.15, 0.2) is 18.2 Å². The molecule has 0 spiro atoms. The van der Waals surface area contributed by atoms with Gasteiger partial charge in [-0.2, -0.15) is 0 Å². The van der Waals surface area contributed by atoms with Crippen LogP contribution in [-0.2, 0) is 16.0 Å². The van der Waals surface area contributed by atoms with Crippen molar-refractivity contribution in [2.45, 2.75) is 39.0 Å². The Morgan fingerprint density at radius 1 is 1.42 bits per heavy atom. The van der Waals surface area contributed by atoms with Crippen molar-refractivity contribution < 1.29 is 14.7 Å². The summed E-state index contributed by atoms with van der Waals surface area (Å²) in [5.41, 5.74) is 2.64. The van der Waals surface area contributed by atoms with Crippen LogP contribution >= 0.6 is 0 Å². The number of nitrogens with zero attached hydrogens (tertiary/aromatic N) is 1. The van der Waals surface area contributed by atoms with Crippen molar-refractivity contribution in [3.63, 3.8) is 0 Å². The van der Waals surface area contributed by atoms with Crippen LogP contribution in [-0.4, -0.2) is 23.5 Å². The molecule has 0 fully saturated rings. The molecular weight excluding hydrogens is 242 g/mol. The van der Waals surface area contributed by atoms with Gasteiger partial charge in [-0.1, -0.05) is 19.1 Å². The van der Waals surface area contributed by atoms with E-state index in [1.165, 1.54) is 6.92 Å². The molecule has 4 heteroatoms. The van der Waals surface area contributed by atoms with E-state index in [-0.39, 0.29) is 5.91 Å². The van der Waals surface area contributed by atoms with Crippen molar-refractivity contribution in [1.82, 2.24) is 0 Å². The summed E-state index contributed by atoms with van der Waals surface area (Å²) in [6.07, 6.45) is 2.16. The van der Waals surface area contributed by atoms with E-state index in [0.717, 1.165) is 23.2 Å². The van der Waals surface area contributed by atoms with E-state index in [0.29, 0.717) is 19.4 Å². The van der Waals surface area contributed by atoms with E-state index in [4.69, 9.17) is 0 Å². The van der Waals surface area contributed by atoms with E-state index in [1.807, 2.05) is 25.1 Å². The van der Waals surface area contributed by atoms with Crippen LogP contribution in [0.1, 0.15) is 43.7 Å². The number of hydrogen-bond acceptors (Lipinski definition) is 2. The van der Waals surface area contributed by atoms with Crippen LogP contribution in [0, 0.1) is 0 Å². The third kappa shape index (κ3) is 2.62. The Morgan fingerprint density at radius 2 is 2.16 bits per heavy atom. The van der Waals surface area contributed by atoms with Crippen molar-refractivity contribution in [3.8, 4) is 0 Å². The maximum Gasteiger partial charge on any atom is 0.311 e. The number of amides is 1. The van der Waals surface area contributed by atoms with Gasteiger partial charge in [0.05, 0.1) is 5.92 Å². The molecule has 1 atom stereocenters. The molecule has 1 aliphatic rings. The molecule has 4 nitrogen and oxygen atoms in total. The molecule has 1 amide bonds. The van der Waals surface area contributed by atoms with Crippen molar-refractivity contribution >= 4 is 17.6 Å². The number of aliphatic carboxylic acids is 1. The molecule has 0 saturated carbocycles. The second-order valence-corrected chi connectivity index (χ2v) is 4.95. The number of carboxylic acid groups (broad SMARTS) is 1. The number of carbonyl (C=O) groups is 2. The lowest BCUT2D eigenvalue weighted by atomic mass is 9.92. The highest BCUT2D eigenvalue weighted by Crippen LogP contribution is 2.35. The van der Waals surface area contributed by atoms with Crippen LogP contribution < -0.4 is 4.90 Å². The standard InChI is InChI=1S/C15H19NO3/c1-3-11-6-7-14-13(9-11)12(15(18)19)5-4-8-16(14)10(2)17/h6-7,9,12H,3-5,8H2,1-2H3,(H,18,19). The summed E-state index contributed by atoms with van der Waals surface area (Å²) in [5, 5.41) is 9.40. The summed E-state index contributed by atoms with van der Waals surface area (Å²) in [6, 6.07) is 5.80. The van der Waals surface area contributed by atoms with Crippen molar-refractivity contribution in [3.05, 3.63) is 29.3 Å². The van der Waals surface area contributed by atoms with Crippen LogP contribution in [0.4, 0.5) is 5.69 Å². The molecule has 1 unspecified atom stereocenters. The average Bonchev–Trinajstić information content (AvgIpc) is 2.57. The van der Waals surface area contributed by atoms with Gasteiger partial charge in [0.25, 0.3) is 0 Å². The summed E-state index contributed by atoms with van der Waals surface area (Å²) in [6.45, 7) is 4.16. The topological polar surface area (TPSA) is 57.6 Å². The van der Waals surface area contributed by atoms with Gasteiger partial charge in [-0.25, -0.2) is 0 Å². The van der Waals surface area contributed by atoms with Gasteiger partial charge in [-0.3, -0.25) is 9.59 Å². The summed E-state index contributed by atoms with van der Waals surface area (Å²) < 4.78 is 0. The van der Waals surface area contributed by atoms with Gasteiger partial charge in [-0.05, 0) is 36.5 Å². The average molecular weight is 261 g/mol. The molecule has 0 radical (unpaired) electrons. The van der Waals surface area contributed by atoms with Gasteiger partial charge in [0.1, 0.15) is 0 Å². The molecule has 2 rings (SSSR count). The number of rotatable bonds is 2. The lowest BCUT2D eigenvalue weighted by molar-refractivity contribution is -0.139. The molecule has 0 saturated heterocycles. The minimum absolute atomic E-state index is 0.0310. The summed E-state index contributed by atoms with van der Waals surface area (Å²) >= 11 is 0. The first-order valence-electron chi connectivity index (χ1n) is 6.68. The predicted octanol–water partition coefficient (Wildman–Crippen LogP) is 2.56. The van der Waals surface area contributed by atoms with E-state index < -0.39 is 11.9 Å². The monoisotopic (exact) mass is 261 g/mol. The minimum atomic E-state index is -0.806. The summed E-state index contributed by atoms with van der Waals surface area (Å²) in [4.78, 5) is 24.9. The molecule has 1 heterocycles. The Bertz CT molecular complexity index is 510. The van der Waals surface area contributed by atoms with Gasteiger partial charge in [0, 0.05) is 19.2 Å². The lowest BCUT2D eigenvalue weighted by Crippen LogP contribution is -2.29. The predicted molar refractivity (Wildman–Crippen MR) is 73.5 cm³/mol. The quantitative estimate of drug-likeness (QED) is 0.890. The normalized spacial score (nSPS) is 18.6. The van der Waals surface area contributed by atoms with Crippen LogP contribution in [0.3, 0.4) is 0 Å². The first-order chi connectivity index (χ1) is 9.04. The van der Waals surface area contributed by atoms with Crippen LogP contribution in [0.25, 0.3) is 0 Å². The molecule has 102 valence electrons. The largest absolute Gasteiger partial charge is 0.481 e. The Labute approximate surface area is 113 Å². The first-order valence-corrected chi connectivity index (χ1v) is 6.68. The van der Waals surface area contributed by atoms with Gasteiger partial charge in [0.15, 0.2) is 0 Å². The maximum atomic E-state index is 11.7. The minimum Gasteiger partial charge on any atom is -0.481 e. The van der Waals surface area contributed by atoms with E-state index in [1.54, 1.807) is 4.90 Å². The highest BCUT2D eigenvalue weighted by molar-refractivity contribution is 5.94. The maximum absolute atomic E-state index is 11.7. The fraction of sp³-hybridized carbons (Fsp3) is 0.467. The molecule has 1 N–H and O–H groups in total. The van der Waals surface area contributed by atoms with E-state index in [2.05, 4.69) is 0 Å². The van der Waals surface area contributed by atoms with Crippen LogP contribution in [0.2, 0.25) is 0 Å². The highest BCUT2D eigenvalue weighted by atomic mass is 16.4. The second kappa shape index (κ2) is 5.43. The molecule has 1 aromatic carbocycles.